The van der Waals surface area contributed by atoms with Gasteiger partial charge in [0.05, 0.1) is 17.7 Å². The van der Waals surface area contributed by atoms with E-state index in [1.807, 2.05) is 30.3 Å². The summed E-state index contributed by atoms with van der Waals surface area (Å²) in [6.07, 6.45) is 0.548. The van der Waals surface area contributed by atoms with Crippen molar-refractivity contribution >= 4 is 23.7 Å². The van der Waals surface area contributed by atoms with Crippen LogP contribution in [0.1, 0.15) is 21.5 Å². The van der Waals surface area contributed by atoms with Crippen molar-refractivity contribution in [1.29, 1.82) is 0 Å². The van der Waals surface area contributed by atoms with Crippen molar-refractivity contribution in [3.63, 3.8) is 0 Å². The van der Waals surface area contributed by atoms with Crippen LogP contribution in [0, 0.1) is 11.8 Å². The zero-order valence-corrected chi connectivity index (χ0v) is 13.2. The molecule has 122 valence electrons. The molecule has 1 aromatic carbocycles. The summed E-state index contributed by atoms with van der Waals surface area (Å²) in [6, 6.07) is 10.6. The van der Waals surface area contributed by atoms with Gasteiger partial charge < -0.3 is 15.2 Å². The summed E-state index contributed by atoms with van der Waals surface area (Å²) in [6.45, 7) is 0.192. The van der Waals surface area contributed by atoms with Gasteiger partial charge in [0.1, 0.15) is 11.8 Å². The van der Waals surface area contributed by atoms with E-state index in [1.165, 1.54) is 6.07 Å². The van der Waals surface area contributed by atoms with Gasteiger partial charge in [-0.05, 0) is 11.6 Å². The van der Waals surface area contributed by atoms with E-state index in [2.05, 4.69) is 22.1 Å². The Labute approximate surface area is 143 Å². The third kappa shape index (κ3) is 5.30. The highest BCUT2D eigenvalue weighted by atomic mass is 35.5. The van der Waals surface area contributed by atoms with E-state index in [0.717, 1.165) is 11.8 Å². The van der Waals surface area contributed by atoms with Crippen LogP contribution in [0.25, 0.3) is 0 Å². The summed E-state index contributed by atoms with van der Waals surface area (Å²) in [4.78, 5) is 26.1. The quantitative estimate of drug-likeness (QED) is 0.657. The van der Waals surface area contributed by atoms with Crippen molar-refractivity contribution in [2.24, 2.45) is 0 Å². The molecule has 6 nitrogen and oxygen atoms in total. The van der Waals surface area contributed by atoms with Gasteiger partial charge in [-0.15, -0.1) is 0 Å². The maximum atomic E-state index is 11.5. The summed E-state index contributed by atoms with van der Waals surface area (Å²) < 4.78 is 5.02. The van der Waals surface area contributed by atoms with Crippen LogP contribution in [-0.2, 0) is 11.3 Å². The van der Waals surface area contributed by atoms with Crippen molar-refractivity contribution in [2.75, 3.05) is 6.54 Å². The molecule has 1 amide bonds. The van der Waals surface area contributed by atoms with Crippen LogP contribution in [0.5, 0.6) is 0 Å². The lowest BCUT2D eigenvalue weighted by molar-refractivity contribution is 0.0696. The molecule has 7 heteroatoms. The molecule has 0 aliphatic rings. The molecular formula is C17H13ClN2O4. The predicted molar refractivity (Wildman–Crippen MR) is 87.7 cm³/mol. The number of nitrogens with zero attached hydrogens (tertiary/aromatic N) is 1. The van der Waals surface area contributed by atoms with E-state index in [4.69, 9.17) is 21.4 Å². The van der Waals surface area contributed by atoms with Crippen LogP contribution in [0.2, 0.25) is 5.15 Å². The van der Waals surface area contributed by atoms with Gasteiger partial charge in [-0.3, -0.25) is 0 Å². The second kappa shape index (κ2) is 8.56. The number of carboxylic acid groups (broad SMARTS) is 1. The fourth-order valence-electron chi connectivity index (χ4n) is 1.68. The minimum absolute atomic E-state index is 0.0149. The zero-order chi connectivity index (χ0) is 17.4. The van der Waals surface area contributed by atoms with Crippen molar-refractivity contribution < 1.29 is 19.4 Å². The molecule has 0 unspecified atom stereocenters. The lowest BCUT2D eigenvalue weighted by atomic mass is 10.2. The van der Waals surface area contributed by atoms with Gasteiger partial charge in [0.2, 0.25) is 0 Å². The van der Waals surface area contributed by atoms with Crippen LogP contribution < -0.4 is 5.32 Å². The molecule has 2 N–H and O–H groups in total. The number of carbonyl (C=O) groups excluding carboxylic acids is 1. The number of carbonyl (C=O) groups is 2. The molecule has 0 saturated carbocycles. The molecule has 1 heterocycles. The van der Waals surface area contributed by atoms with Crippen molar-refractivity contribution in [2.45, 2.75) is 6.61 Å². The Bertz CT molecular complexity index is 797. The van der Waals surface area contributed by atoms with Gasteiger partial charge in [-0.25, -0.2) is 14.6 Å². The number of aromatic carboxylic acids is 1. The standard InChI is InChI=1S/C17H13ClN2O4/c18-15-13(9-14(10-20-15)16(21)22)7-4-8-19-17(23)24-11-12-5-2-1-3-6-12/h1-3,5-6,9-10H,8,11H2,(H,19,23)(H,21,22). The largest absolute Gasteiger partial charge is 0.478 e. The highest BCUT2D eigenvalue weighted by Gasteiger charge is 2.06. The molecule has 0 fully saturated rings. The number of halogens is 1. The Morgan fingerprint density at radius 3 is 2.75 bits per heavy atom. The van der Waals surface area contributed by atoms with Gasteiger partial charge in [-0.1, -0.05) is 53.8 Å². The van der Waals surface area contributed by atoms with Crippen molar-refractivity contribution in [1.82, 2.24) is 10.3 Å². The molecule has 0 aliphatic carbocycles. The van der Waals surface area contributed by atoms with Crippen molar-refractivity contribution in [3.05, 3.63) is 64.4 Å². The second-order valence-electron chi connectivity index (χ2n) is 4.58. The molecule has 2 aromatic rings. The summed E-state index contributed by atoms with van der Waals surface area (Å²) in [5.74, 6) is 4.20. The fraction of sp³-hybridized carbons (Fsp3) is 0.118. The third-order valence-electron chi connectivity index (χ3n) is 2.84. The summed E-state index contributed by atoms with van der Waals surface area (Å²) in [7, 11) is 0. The first-order valence-corrected chi connectivity index (χ1v) is 7.26. The fourth-order valence-corrected chi connectivity index (χ4v) is 1.83. The number of alkyl carbamates (subject to hydrolysis) is 1. The smallest absolute Gasteiger partial charge is 0.408 e. The van der Waals surface area contributed by atoms with E-state index < -0.39 is 12.1 Å². The molecule has 0 spiro atoms. The van der Waals surface area contributed by atoms with Crippen LogP contribution in [0.15, 0.2) is 42.6 Å². The molecule has 0 bridgehead atoms. The van der Waals surface area contributed by atoms with E-state index in [-0.39, 0.29) is 29.4 Å². The maximum Gasteiger partial charge on any atom is 0.408 e. The Morgan fingerprint density at radius 1 is 1.29 bits per heavy atom. The highest BCUT2D eigenvalue weighted by molar-refractivity contribution is 6.30. The SMILES string of the molecule is O=C(NCC#Cc1cc(C(=O)O)cnc1Cl)OCc1ccccc1. The number of hydrogen-bond acceptors (Lipinski definition) is 4. The summed E-state index contributed by atoms with van der Waals surface area (Å²) >= 11 is 5.84. The summed E-state index contributed by atoms with van der Waals surface area (Å²) in [5.41, 5.74) is 1.14. The first kappa shape index (κ1) is 17.3. The van der Waals surface area contributed by atoms with E-state index in [9.17, 15) is 9.59 Å². The Balaban J connectivity index is 1.84. The van der Waals surface area contributed by atoms with Crippen molar-refractivity contribution in [3.8, 4) is 11.8 Å². The van der Waals surface area contributed by atoms with Crippen LogP contribution in [0.4, 0.5) is 4.79 Å². The monoisotopic (exact) mass is 344 g/mol. The van der Waals surface area contributed by atoms with Crippen LogP contribution in [-0.4, -0.2) is 28.7 Å². The second-order valence-corrected chi connectivity index (χ2v) is 4.94. The number of aromatic nitrogens is 1. The topological polar surface area (TPSA) is 88.5 Å². The van der Waals surface area contributed by atoms with Gasteiger partial charge >= 0.3 is 12.1 Å². The third-order valence-corrected chi connectivity index (χ3v) is 3.14. The number of hydrogen-bond donors (Lipinski definition) is 2. The number of carboxylic acids is 1. The number of benzene rings is 1. The van der Waals surface area contributed by atoms with E-state index in [1.54, 1.807) is 0 Å². The lowest BCUT2D eigenvalue weighted by Crippen LogP contribution is -2.24. The predicted octanol–water partition coefficient (Wildman–Crippen LogP) is 2.71. The number of rotatable bonds is 4. The highest BCUT2D eigenvalue weighted by Crippen LogP contribution is 2.13. The molecule has 0 radical (unpaired) electrons. The Morgan fingerprint density at radius 2 is 2.04 bits per heavy atom. The Hall–Kier alpha value is -3.04. The zero-order valence-electron chi connectivity index (χ0n) is 12.5. The number of pyridine rings is 1. The molecule has 2 rings (SSSR count). The normalized spacial score (nSPS) is 9.54. The van der Waals surface area contributed by atoms with Gasteiger partial charge in [0, 0.05) is 6.20 Å². The molecule has 24 heavy (non-hydrogen) atoms. The molecule has 1 aromatic heterocycles. The Kier molecular flexibility index (Phi) is 6.17. The molecule has 0 atom stereocenters. The number of nitrogens with one attached hydrogen (secondary N) is 1. The first-order valence-electron chi connectivity index (χ1n) is 6.88. The summed E-state index contributed by atoms with van der Waals surface area (Å²) in [5, 5.41) is 11.5. The van der Waals surface area contributed by atoms with E-state index >= 15 is 0 Å². The molecule has 0 saturated heterocycles. The maximum absolute atomic E-state index is 11.5. The average Bonchev–Trinajstić information content (AvgIpc) is 2.59. The first-order chi connectivity index (χ1) is 11.6. The van der Waals surface area contributed by atoms with Crippen LogP contribution in [0.3, 0.4) is 0 Å². The van der Waals surface area contributed by atoms with Gasteiger partial charge in [0.25, 0.3) is 0 Å². The number of ether oxygens (including phenoxy) is 1. The van der Waals surface area contributed by atoms with E-state index in [0.29, 0.717) is 0 Å². The van der Waals surface area contributed by atoms with Gasteiger partial charge in [-0.2, -0.15) is 0 Å². The van der Waals surface area contributed by atoms with Crippen LogP contribution >= 0.6 is 11.6 Å². The molecular weight excluding hydrogens is 332 g/mol. The minimum atomic E-state index is -1.12. The average molecular weight is 345 g/mol. The lowest BCUT2D eigenvalue weighted by Gasteiger charge is -2.04. The minimum Gasteiger partial charge on any atom is -0.478 e. The number of amides is 1. The van der Waals surface area contributed by atoms with Gasteiger partial charge in [0.15, 0.2) is 0 Å². The molecule has 0 aliphatic heterocycles.